The molecule has 0 aliphatic heterocycles. The fourth-order valence-corrected chi connectivity index (χ4v) is 4.64. The highest BCUT2D eigenvalue weighted by atomic mass is 32.1. The number of benzene rings is 1. The summed E-state index contributed by atoms with van der Waals surface area (Å²) < 4.78 is 5.17. The fourth-order valence-electron chi connectivity index (χ4n) is 3.32. The van der Waals surface area contributed by atoms with Crippen molar-refractivity contribution in [2.45, 2.75) is 39.5 Å². The number of nitrogens with zero attached hydrogens (tertiary/aromatic N) is 1. The summed E-state index contributed by atoms with van der Waals surface area (Å²) in [5.74, 6) is -1.70. The molecule has 1 aromatic heterocycles. The van der Waals surface area contributed by atoms with Gasteiger partial charge in [-0.1, -0.05) is 6.07 Å². The van der Waals surface area contributed by atoms with Gasteiger partial charge in [0.1, 0.15) is 10.7 Å². The largest absolute Gasteiger partial charge is 0.452 e. The molecule has 10 heteroatoms. The van der Waals surface area contributed by atoms with Crippen LogP contribution >= 0.6 is 11.3 Å². The SMILES string of the molecule is CC(=O)Nc1sc2c(c1C(=O)OCC(=O)Nc1ccc(C)cc1[N+](=O)[O-])CCCC2. The van der Waals surface area contributed by atoms with Crippen molar-refractivity contribution in [2.75, 3.05) is 17.2 Å². The van der Waals surface area contributed by atoms with E-state index < -0.39 is 23.4 Å². The molecule has 3 rings (SSSR count). The molecule has 0 fully saturated rings. The molecule has 0 spiro atoms. The number of aryl methyl sites for hydroxylation is 2. The minimum Gasteiger partial charge on any atom is -0.452 e. The second kappa shape index (κ2) is 9.04. The number of rotatable bonds is 6. The Labute approximate surface area is 176 Å². The summed E-state index contributed by atoms with van der Waals surface area (Å²) in [6, 6.07) is 4.41. The summed E-state index contributed by atoms with van der Waals surface area (Å²) in [6.07, 6.45) is 3.48. The average molecular weight is 431 g/mol. The van der Waals surface area contributed by atoms with Gasteiger partial charge >= 0.3 is 5.97 Å². The first-order chi connectivity index (χ1) is 14.3. The van der Waals surface area contributed by atoms with E-state index in [4.69, 9.17) is 4.74 Å². The Kier molecular flexibility index (Phi) is 6.46. The van der Waals surface area contributed by atoms with E-state index in [1.54, 1.807) is 13.0 Å². The molecule has 0 saturated carbocycles. The van der Waals surface area contributed by atoms with Gasteiger partial charge in [0, 0.05) is 17.9 Å². The number of esters is 1. The van der Waals surface area contributed by atoms with Crippen LogP contribution in [-0.4, -0.2) is 29.3 Å². The maximum atomic E-state index is 12.7. The Hall–Kier alpha value is -3.27. The number of hydrogen-bond donors (Lipinski definition) is 2. The molecule has 0 bridgehead atoms. The Balaban J connectivity index is 1.72. The summed E-state index contributed by atoms with van der Waals surface area (Å²) in [5.41, 5.74) is 1.61. The van der Waals surface area contributed by atoms with Gasteiger partial charge < -0.3 is 15.4 Å². The molecule has 2 N–H and O–H groups in total. The molecule has 30 heavy (non-hydrogen) atoms. The van der Waals surface area contributed by atoms with Crippen LogP contribution in [0.1, 0.15) is 46.1 Å². The Morgan fingerprint density at radius 1 is 1.20 bits per heavy atom. The standard InChI is InChI=1S/C20H21N3O6S/c1-11-7-8-14(15(9-11)23(27)28)22-17(25)10-29-20(26)18-13-5-3-4-6-16(13)30-19(18)21-12(2)24/h7-9H,3-6,10H2,1-2H3,(H,21,24)(H,22,25). The third-order valence-corrected chi connectivity index (χ3v) is 5.83. The van der Waals surface area contributed by atoms with Gasteiger partial charge in [-0.3, -0.25) is 19.7 Å². The number of fused-ring (bicyclic) bond motifs is 1. The molecular formula is C20H21N3O6S. The van der Waals surface area contributed by atoms with Gasteiger partial charge in [-0.15, -0.1) is 11.3 Å². The zero-order chi connectivity index (χ0) is 21.8. The highest BCUT2D eigenvalue weighted by Gasteiger charge is 2.27. The van der Waals surface area contributed by atoms with Gasteiger partial charge in [-0.2, -0.15) is 0 Å². The van der Waals surface area contributed by atoms with E-state index in [0.717, 1.165) is 29.7 Å². The number of nitrogens with one attached hydrogen (secondary N) is 2. The molecule has 9 nitrogen and oxygen atoms in total. The average Bonchev–Trinajstić information content (AvgIpc) is 3.04. The lowest BCUT2D eigenvalue weighted by atomic mass is 9.95. The Morgan fingerprint density at radius 3 is 2.63 bits per heavy atom. The van der Waals surface area contributed by atoms with Gasteiger partial charge in [0.25, 0.3) is 11.6 Å². The zero-order valence-corrected chi connectivity index (χ0v) is 17.4. The first-order valence-electron chi connectivity index (χ1n) is 9.40. The highest BCUT2D eigenvalue weighted by molar-refractivity contribution is 7.17. The number of hydrogen-bond acceptors (Lipinski definition) is 7. The second-order valence-corrected chi connectivity index (χ2v) is 8.10. The summed E-state index contributed by atoms with van der Waals surface area (Å²) >= 11 is 1.35. The van der Waals surface area contributed by atoms with Crippen molar-refractivity contribution >= 4 is 45.5 Å². The van der Waals surface area contributed by atoms with E-state index in [-0.39, 0.29) is 17.3 Å². The fraction of sp³-hybridized carbons (Fsp3) is 0.350. The van der Waals surface area contributed by atoms with E-state index in [2.05, 4.69) is 10.6 Å². The number of nitro groups is 1. The maximum absolute atomic E-state index is 12.7. The molecule has 2 amide bonds. The van der Waals surface area contributed by atoms with Crippen molar-refractivity contribution in [3.05, 3.63) is 49.9 Å². The number of anilines is 2. The molecule has 0 radical (unpaired) electrons. The molecule has 1 heterocycles. The minimum absolute atomic E-state index is 0.0264. The lowest BCUT2D eigenvalue weighted by Crippen LogP contribution is -2.22. The van der Waals surface area contributed by atoms with E-state index in [9.17, 15) is 24.5 Å². The van der Waals surface area contributed by atoms with Crippen molar-refractivity contribution in [1.82, 2.24) is 0 Å². The van der Waals surface area contributed by atoms with Gasteiger partial charge in [-0.05, 0) is 49.8 Å². The summed E-state index contributed by atoms with van der Waals surface area (Å²) in [5, 5.41) is 16.7. The molecule has 0 atom stereocenters. The Bertz CT molecular complexity index is 1030. The van der Waals surface area contributed by atoms with Crippen molar-refractivity contribution < 1.29 is 24.0 Å². The predicted octanol–water partition coefficient (Wildman–Crippen LogP) is 3.60. The molecule has 158 valence electrons. The monoisotopic (exact) mass is 431 g/mol. The summed E-state index contributed by atoms with van der Waals surface area (Å²) in [7, 11) is 0. The summed E-state index contributed by atoms with van der Waals surface area (Å²) in [6.45, 7) is 2.46. The first-order valence-corrected chi connectivity index (χ1v) is 10.2. The van der Waals surface area contributed by atoms with E-state index >= 15 is 0 Å². The molecule has 0 saturated heterocycles. The van der Waals surface area contributed by atoms with Crippen LogP contribution in [0.5, 0.6) is 0 Å². The molecule has 1 aromatic carbocycles. The normalized spacial score (nSPS) is 12.6. The zero-order valence-electron chi connectivity index (χ0n) is 16.6. The van der Waals surface area contributed by atoms with Gasteiger partial charge in [-0.25, -0.2) is 4.79 Å². The van der Waals surface area contributed by atoms with Gasteiger partial charge in [0.2, 0.25) is 5.91 Å². The molecule has 2 aromatic rings. The number of ether oxygens (including phenoxy) is 1. The second-order valence-electron chi connectivity index (χ2n) is 7.00. The van der Waals surface area contributed by atoms with E-state index in [1.165, 1.54) is 30.4 Å². The number of amides is 2. The molecular weight excluding hydrogens is 410 g/mol. The van der Waals surface area contributed by atoms with Crippen molar-refractivity contribution in [2.24, 2.45) is 0 Å². The number of nitro benzene ring substituents is 1. The Morgan fingerprint density at radius 2 is 1.93 bits per heavy atom. The third-order valence-electron chi connectivity index (χ3n) is 4.62. The molecule has 1 aliphatic rings. The van der Waals surface area contributed by atoms with Crippen LogP contribution in [0, 0.1) is 17.0 Å². The van der Waals surface area contributed by atoms with Crippen LogP contribution in [0.15, 0.2) is 18.2 Å². The van der Waals surface area contributed by atoms with Crippen LogP contribution in [-0.2, 0) is 27.2 Å². The topological polar surface area (TPSA) is 128 Å². The molecule has 0 unspecified atom stereocenters. The van der Waals surface area contributed by atoms with Crippen LogP contribution in [0.3, 0.4) is 0 Å². The van der Waals surface area contributed by atoms with E-state index in [0.29, 0.717) is 22.5 Å². The molecule has 1 aliphatic carbocycles. The number of carbonyl (C=O) groups excluding carboxylic acids is 3. The third kappa shape index (κ3) is 4.82. The quantitative estimate of drug-likeness (QED) is 0.409. The van der Waals surface area contributed by atoms with Crippen LogP contribution < -0.4 is 10.6 Å². The van der Waals surface area contributed by atoms with Crippen molar-refractivity contribution in [1.29, 1.82) is 0 Å². The van der Waals surface area contributed by atoms with Gasteiger partial charge in [0.05, 0.1) is 10.5 Å². The highest BCUT2D eigenvalue weighted by Crippen LogP contribution is 2.38. The van der Waals surface area contributed by atoms with Crippen LogP contribution in [0.2, 0.25) is 0 Å². The predicted molar refractivity (Wildman–Crippen MR) is 112 cm³/mol. The lowest BCUT2D eigenvalue weighted by Gasteiger charge is -2.13. The lowest BCUT2D eigenvalue weighted by molar-refractivity contribution is -0.384. The maximum Gasteiger partial charge on any atom is 0.341 e. The minimum atomic E-state index is -0.702. The van der Waals surface area contributed by atoms with Crippen LogP contribution in [0.4, 0.5) is 16.4 Å². The number of thiophene rings is 1. The first kappa shape index (κ1) is 21.4. The smallest absolute Gasteiger partial charge is 0.341 e. The van der Waals surface area contributed by atoms with Crippen molar-refractivity contribution in [3.63, 3.8) is 0 Å². The van der Waals surface area contributed by atoms with E-state index in [1.807, 2.05) is 0 Å². The summed E-state index contributed by atoms with van der Waals surface area (Å²) in [4.78, 5) is 48.0. The van der Waals surface area contributed by atoms with Crippen molar-refractivity contribution in [3.8, 4) is 0 Å². The van der Waals surface area contributed by atoms with Crippen LogP contribution in [0.25, 0.3) is 0 Å². The number of carbonyl (C=O) groups is 3. The van der Waals surface area contributed by atoms with Gasteiger partial charge in [0.15, 0.2) is 6.61 Å².